The van der Waals surface area contributed by atoms with E-state index in [-0.39, 0.29) is 19.1 Å². The summed E-state index contributed by atoms with van der Waals surface area (Å²) in [4.78, 5) is 20.3. The van der Waals surface area contributed by atoms with Gasteiger partial charge < -0.3 is 25.0 Å². The van der Waals surface area contributed by atoms with Crippen molar-refractivity contribution in [3.8, 4) is 11.8 Å². The van der Waals surface area contributed by atoms with Crippen molar-refractivity contribution in [3.05, 3.63) is 59.0 Å². The molecular weight excluding hydrogens is 438 g/mol. The number of hydrogen-bond donors (Lipinski definition) is 3. The number of aryl methyl sites for hydroxylation is 1. The van der Waals surface area contributed by atoms with Gasteiger partial charge in [-0.05, 0) is 36.5 Å². The Morgan fingerprint density at radius 3 is 2.88 bits per heavy atom. The molecule has 10 nitrogen and oxygen atoms in total. The van der Waals surface area contributed by atoms with Crippen LogP contribution in [0.5, 0.6) is 11.8 Å². The zero-order valence-corrected chi connectivity index (χ0v) is 19.1. The number of carbonyl (C=O) groups is 1. The molecule has 0 amide bonds. The van der Waals surface area contributed by atoms with Crippen LogP contribution in [0, 0.1) is 0 Å². The Hall–Kier alpha value is -3.66. The summed E-state index contributed by atoms with van der Waals surface area (Å²) in [5.41, 5.74) is 3.57. The Bertz CT molecular complexity index is 1120. The molecule has 0 spiro atoms. The summed E-state index contributed by atoms with van der Waals surface area (Å²) in [6.45, 7) is 0.968. The second-order valence-electron chi connectivity index (χ2n) is 8.19. The third-order valence-corrected chi connectivity index (χ3v) is 5.80. The fourth-order valence-electron chi connectivity index (χ4n) is 4.06. The van der Waals surface area contributed by atoms with Crippen LogP contribution in [-0.4, -0.2) is 56.2 Å². The molecule has 0 radical (unpaired) electrons. The fourth-order valence-corrected chi connectivity index (χ4v) is 4.06. The predicted molar refractivity (Wildman–Crippen MR) is 124 cm³/mol. The summed E-state index contributed by atoms with van der Waals surface area (Å²) in [5.74, 6) is 0.589. The first-order chi connectivity index (χ1) is 16.6. The molecule has 4 rings (SSSR count). The number of rotatable bonds is 11. The molecule has 3 aromatic heterocycles. The van der Waals surface area contributed by atoms with Gasteiger partial charge in [0.05, 0.1) is 25.8 Å². The quantitative estimate of drug-likeness (QED) is 0.389. The van der Waals surface area contributed by atoms with E-state index >= 15 is 0 Å². The van der Waals surface area contributed by atoms with Crippen LogP contribution >= 0.6 is 0 Å². The average Bonchev–Trinajstić information content (AvgIpc) is 3.25. The van der Waals surface area contributed by atoms with Crippen molar-refractivity contribution in [3.63, 3.8) is 0 Å². The number of carboxylic acid groups (broad SMARTS) is 1. The summed E-state index contributed by atoms with van der Waals surface area (Å²) < 4.78 is 12.3. The maximum Gasteiger partial charge on any atom is 0.303 e. The average molecular weight is 468 g/mol. The van der Waals surface area contributed by atoms with Crippen LogP contribution in [0.15, 0.2) is 36.5 Å². The van der Waals surface area contributed by atoms with E-state index in [4.69, 9.17) is 9.47 Å². The van der Waals surface area contributed by atoms with Crippen molar-refractivity contribution in [2.24, 2.45) is 0 Å². The van der Waals surface area contributed by atoms with Gasteiger partial charge in [0, 0.05) is 42.9 Å². The van der Waals surface area contributed by atoms with Crippen molar-refractivity contribution in [2.75, 3.05) is 25.6 Å². The van der Waals surface area contributed by atoms with Crippen LogP contribution in [0.4, 0.5) is 5.82 Å². The number of hydrogen-bond acceptors (Lipinski definition) is 8. The van der Waals surface area contributed by atoms with Gasteiger partial charge in [-0.2, -0.15) is 5.10 Å². The monoisotopic (exact) mass is 467 g/mol. The van der Waals surface area contributed by atoms with E-state index in [1.165, 1.54) is 17.4 Å². The summed E-state index contributed by atoms with van der Waals surface area (Å²) in [5, 5.41) is 26.8. The first-order valence-electron chi connectivity index (χ1n) is 11.3. The highest BCUT2D eigenvalue weighted by Crippen LogP contribution is 2.27. The third kappa shape index (κ3) is 5.82. The summed E-state index contributed by atoms with van der Waals surface area (Å²) in [6.07, 6.45) is 4.68. The number of aliphatic hydroxyl groups excluding tert-OH is 1. The van der Waals surface area contributed by atoms with Crippen LogP contribution < -0.4 is 14.8 Å². The van der Waals surface area contributed by atoms with Gasteiger partial charge in [-0.3, -0.25) is 4.79 Å². The Morgan fingerprint density at radius 2 is 2.15 bits per heavy atom. The van der Waals surface area contributed by atoms with Gasteiger partial charge in [0.15, 0.2) is 0 Å². The predicted octanol–water partition coefficient (Wildman–Crippen LogP) is 2.41. The van der Waals surface area contributed by atoms with E-state index in [9.17, 15) is 15.0 Å². The van der Waals surface area contributed by atoms with Gasteiger partial charge in [-0.1, -0.05) is 12.1 Å². The topological polar surface area (TPSA) is 132 Å². The Kier molecular flexibility index (Phi) is 7.58. The molecular formula is C24H29N5O5. The first kappa shape index (κ1) is 23.5. The lowest BCUT2D eigenvalue weighted by Crippen LogP contribution is -2.15. The summed E-state index contributed by atoms with van der Waals surface area (Å²) in [7, 11) is 1.53. The molecule has 0 saturated heterocycles. The number of aliphatic hydroxyl groups is 1. The normalized spacial score (nSPS) is 13.6. The molecule has 3 aromatic rings. The number of nitrogens with one attached hydrogen (secondary N) is 1. The van der Waals surface area contributed by atoms with Crippen LogP contribution in [0.2, 0.25) is 0 Å². The number of aliphatic carboxylic acids is 1. The van der Waals surface area contributed by atoms with Crippen LogP contribution in [0.25, 0.3) is 0 Å². The molecule has 180 valence electrons. The molecule has 1 aliphatic rings. The SMILES string of the molecule is COc1ccc(C(CC(=O)O)Cc2cc(OCCc3ccc4c(n3)NCCC4)n(CO)n2)cn1. The van der Waals surface area contributed by atoms with E-state index < -0.39 is 5.97 Å². The van der Waals surface area contributed by atoms with E-state index in [0.29, 0.717) is 36.9 Å². The maximum atomic E-state index is 11.4. The highest BCUT2D eigenvalue weighted by atomic mass is 16.5. The maximum absolute atomic E-state index is 11.4. The largest absolute Gasteiger partial charge is 0.481 e. The van der Waals surface area contributed by atoms with E-state index in [1.54, 1.807) is 24.4 Å². The molecule has 1 unspecified atom stereocenters. The molecule has 3 N–H and O–H groups in total. The van der Waals surface area contributed by atoms with Crippen molar-refractivity contribution in [1.29, 1.82) is 0 Å². The van der Waals surface area contributed by atoms with Crippen molar-refractivity contribution in [1.82, 2.24) is 19.7 Å². The van der Waals surface area contributed by atoms with Gasteiger partial charge in [0.25, 0.3) is 0 Å². The van der Waals surface area contributed by atoms with Crippen molar-refractivity contribution >= 4 is 11.8 Å². The van der Waals surface area contributed by atoms with Gasteiger partial charge in [0.1, 0.15) is 12.5 Å². The van der Waals surface area contributed by atoms with E-state index in [0.717, 1.165) is 36.5 Å². The van der Waals surface area contributed by atoms with Crippen molar-refractivity contribution in [2.45, 2.75) is 44.8 Å². The molecule has 1 atom stereocenters. The minimum atomic E-state index is -0.911. The number of anilines is 1. The van der Waals surface area contributed by atoms with E-state index in [1.807, 2.05) is 6.07 Å². The second kappa shape index (κ2) is 11.0. The van der Waals surface area contributed by atoms with Crippen molar-refractivity contribution < 1.29 is 24.5 Å². The summed E-state index contributed by atoms with van der Waals surface area (Å²) in [6, 6.07) is 9.37. The van der Waals surface area contributed by atoms with Crippen LogP contribution in [-0.2, 0) is 30.8 Å². The molecule has 0 bridgehead atoms. The molecule has 0 aliphatic carbocycles. The number of nitrogens with zero attached hydrogens (tertiary/aromatic N) is 4. The van der Waals surface area contributed by atoms with E-state index in [2.05, 4.69) is 26.4 Å². The van der Waals surface area contributed by atoms with Gasteiger partial charge in [-0.25, -0.2) is 14.6 Å². The zero-order valence-electron chi connectivity index (χ0n) is 19.1. The smallest absolute Gasteiger partial charge is 0.303 e. The molecule has 0 fully saturated rings. The van der Waals surface area contributed by atoms with Gasteiger partial charge in [-0.15, -0.1) is 0 Å². The highest BCUT2D eigenvalue weighted by Gasteiger charge is 2.20. The molecule has 0 aromatic carbocycles. The lowest BCUT2D eigenvalue weighted by molar-refractivity contribution is -0.137. The van der Waals surface area contributed by atoms with Gasteiger partial charge >= 0.3 is 5.97 Å². The van der Waals surface area contributed by atoms with Crippen LogP contribution in [0.1, 0.15) is 41.3 Å². The Balaban J connectivity index is 1.41. The fraction of sp³-hybridized carbons (Fsp3) is 0.417. The Labute approximate surface area is 197 Å². The lowest BCUT2D eigenvalue weighted by atomic mass is 9.92. The van der Waals surface area contributed by atoms with Crippen LogP contribution in [0.3, 0.4) is 0 Å². The standard InChI is InChI=1S/C24H29N5O5/c1-33-21-7-5-17(14-26-21)18(12-23(31)32)11-20-13-22(29(15-30)28-20)34-10-8-19-6-4-16-3-2-9-25-24(16)27-19/h4-7,13-14,18,30H,2-3,8-12,15H2,1H3,(H,25,27)(H,31,32). The highest BCUT2D eigenvalue weighted by molar-refractivity contribution is 5.68. The summed E-state index contributed by atoms with van der Waals surface area (Å²) >= 11 is 0. The molecule has 1 aliphatic heterocycles. The number of aromatic nitrogens is 4. The number of ether oxygens (including phenoxy) is 2. The zero-order chi connectivity index (χ0) is 23.9. The molecule has 4 heterocycles. The molecule has 34 heavy (non-hydrogen) atoms. The second-order valence-corrected chi connectivity index (χ2v) is 8.19. The first-order valence-corrected chi connectivity index (χ1v) is 11.3. The lowest BCUT2D eigenvalue weighted by Gasteiger charge is -2.17. The Morgan fingerprint density at radius 1 is 1.26 bits per heavy atom. The minimum Gasteiger partial charge on any atom is -0.481 e. The minimum absolute atomic E-state index is 0.0752. The third-order valence-electron chi connectivity index (χ3n) is 5.80. The number of methoxy groups -OCH3 is 1. The number of pyridine rings is 2. The van der Waals surface area contributed by atoms with Gasteiger partial charge in [0.2, 0.25) is 11.8 Å². The number of fused-ring (bicyclic) bond motifs is 1. The molecule has 10 heteroatoms. The molecule has 0 saturated carbocycles. The number of carboxylic acids is 1.